The fourth-order valence-electron chi connectivity index (χ4n) is 1.54. The Labute approximate surface area is 92.4 Å². The summed E-state index contributed by atoms with van der Waals surface area (Å²) in [7, 11) is 0. The Kier molecular flexibility index (Phi) is 4.50. The van der Waals surface area contributed by atoms with Gasteiger partial charge < -0.3 is 5.32 Å². The molecule has 1 aromatic heterocycles. The zero-order chi connectivity index (χ0) is 11.3. The van der Waals surface area contributed by atoms with Gasteiger partial charge in [0, 0.05) is 5.69 Å². The maximum absolute atomic E-state index is 4.52. The van der Waals surface area contributed by atoms with Crippen LogP contribution in [0.15, 0.2) is 30.4 Å². The van der Waals surface area contributed by atoms with Crippen LogP contribution in [0.25, 0.3) is 0 Å². The first kappa shape index (κ1) is 11.9. The number of nitrogens with one attached hydrogen (secondary N) is 1. The van der Waals surface area contributed by atoms with Crippen LogP contribution in [0.2, 0.25) is 0 Å². The molecular weight excluding hydrogens is 184 g/mol. The van der Waals surface area contributed by atoms with E-state index in [-0.39, 0.29) is 6.04 Å². The minimum Gasteiger partial charge on any atom is -0.305 e. The van der Waals surface area contributed by atoms with Gasteiger partial charge in [-0.2, -0.15) is 0 Å². The fraction of sp³-hybridized carbons (Fsp3) is 0.462. The van der Waals surface area contributed by atoms with Crippen molar-refractivity contribution < 1.29 is 0 Å². The van der Waals surface area contributed by atoms with E-state index >= 15 is 0 Å². The molecule has 0 bridgehead atoms. The smallest absolute Gasteiger partial charge is 0.0705 e. The van der Waals surface area contributed by atoms with Gasteiger partial charge in [-0.15, -0.1) is 0 Å². The lowest BCUT2D eigenvalue weighted by Gasteiger charge is -2.18. The van der Waals surface area contributed by atoms with E-state index in [1.165, 1.54) is 0 Å². The molecule has 1 rings (SSSR count). The molecule has 1 atom stereocenters. The predicted molar refractivity (Wildman–Crippen MR) is 64.8 cm³/mol. The van der Waals surface area contributed by atoms with Crippen molar-refractivity contribution in [3.05, 3.63) is 41.7 Å². The third-order valence-electron chi connectivity index (χ3n) is 2.30. The molecule has 15 heavy (non-hydrogen) atoms. The van der Waals surface area contributed by atoms with Gasteiger partial charge in [-0.1, -0.05) is 25.1 Å². The quantitative estimate of drug-likeness (QED) is 0.746. The minimum atomic E-state index is 0.185. The lowest BCUT2D eigenvalue weighted by atomic mass is 10.1. The summed E-state index contributed by atoms with van der Waals surface area (Å²) in [5, 5.41) is 3.45. The van der Waals surface area contributed by atoms with Crippen LogP contribution in [-0.4, -0.2) is 11.5 Å². The molecule has 0 aliphatic carbocycles. The molecule has 82 valence electrons. The molecule has 0 aliphatic rings. The average molecular weight is 204 g/mol. The van der Waals surface area contributed by atoms with E-state index in [0.29, 0.717) is 0 Å². The maximum atomic E-state index is 4.52. The second-order valence-electron chi connectivity index (χ2n) is 3.94. The third-order valence-corrected chi connectivity index (χ3v) is 2.30. The van der Waals surface area contributed by atoms with Gasteiger partial charge in [-0.05, 0) is 38.9 Å². The number of pyridine rings is 1. The SMILES string of the molecule is C=C(C)C(NCCC)c1cccc(C)n1. The molecular formula is C13H20N2. The van der Waals surface area contributed by atoms with Crippen molar-refractivity contribution in [3.63, 3.8) is 0 Å². The molecule has 2 heteroatoms. The number of rotatable bonds is 5. The summed E-state index contributed by atoms with van der Waals surface area (Å²) in [5.41, 5.74) is 3.23. The van der Waals surface area contributed by atoms with E-state index in [4.69, 9.17) is 0 Å². The van der Waals surface area contributed by atoms with E-state index in [9.17, 15) is 0 Å². The summed E-state index contributed by atoms with van der Waals surface area (Å²) in [6.07, 6.45) is 1.12. The van der Waals surface area contributed by atoms with Gasteiger partial charge >= 0.3 is 0 Å². The summed E-state index contributed by atoms with van der Waals surface area (Å²) in [6, 6.07) is 6.29. The zero-order valence-corrected chi connectivity index (χ0v) is 9.88. The molecule has 0 saturated heterocycles. The second-order valence-corrected chi connectivity index (χ2v) is 3.94. The van der Waals surface area contributed by atoms with E-state index in [0.717, 1.165) is 29.9 Å². The molecule has 2 nitrogen and oxygen atoms in total. The fourth-order valence-corrected chi connectivity index (χ4v) is 1.54. The Morgan fingerprint density at radius 1 is 1.53 bits per heavy atom. The van der Waals surface area contributed by atoms with Crippen molar-refractivity contribution in [1.82, 2.24) is 10.3 Å². The lowest BCUT2D eigenvalue weighted by Crippen LogP contribution is -2.23. The van der Waals surface area contributed by atoms with Gasteiger partial charge in [0.2, 0.25) is 0 Å². The van der Waals surface area contributed by atoms with Crippen LogP contribution < -0.4 is 5.32 Å². The molecule has 0 amide bonds. The number of hydrogen-bond donors (Lipinski definition) is 1. The van der Waals surface area contributed by atoms with E-state index in [1.54, 1.807) is 0 Å². The van der Waals surface area contributed by atoms with E-state index < -0.39 is 0 Å². The van der Waals surface area contributed by atoms with Crippen LogP contribution in [0.1, 0.15) is 37.7 Å². The molecule has 1 heterocycles. The normalized spacial score (nSPS) is 12.5. The van der Waals surface area contributed by atoms with Crippen LogP contribution in [-0.2, 0) is 0 Å². The highest BCUT2D eigenvalue weighted by Crippen LogP contribution is 2.18. The standard InChI is InChI=1S/C13H20N2/c1-5-9-14-13(10(2)3)12-8-6-7-11(4)15-12/h6-8,13-14H,2,5,9H2,1,3-4H3. The van der Waals surface area contributed by atoms with Crippen LogP contribution >= 0.6 is 0 Å². The van der Waals surface area contributed by atoms with Crippen molar-refractivity contribution in [2.45, 2.75) is 33.2 Å². The number of aromatic nitrogens is 1. The lowest BCUT2D eigenvalue weighted by molar-refractivity contribution is 0.578. The zero-order valence-electron chi connectivity index (χ0n) is 9.88. The minimum absolute atomic E-state index is 0.185. The maximum Gasteiger partial charge on any atom is 0.0705 e. The van der Waals surface area contributed by atoms with Gasteiger partial charge in [0.1, 0.15) is 0 Å². The Morgan fingerprint density at radius 2 is 2.27 bits per heavy atom. The first-order valence-electron chi connectivity index (χ1n) is 5.47. The second kappa shape index (κ2) is 5.66. The van der Waals surface area contributed by atoms with Crippen molar-refractivity contribution >= 4 is 0 Å². The van der Waals surface area contributed by atoms with Crippen molar-refractivity contribution in [3.8, 4) is 0 Å². The Bertz CT molecular complexity index is 331. The summed E-state index contributed by atoms with van der Waals surface area (Å²) >= 11 is 0. The highest BCUT2D eigenvalue weighted by atomic mass is 14.9. The van der Waals surface area contributed by atoms with Crippen molar-refractivity contribution in [2.24, 2.45) is 0 Å². The summed E-state index contributed by atoms with van der Waals surface area (Å²) in [5.74, 6) is 0. The predicted octanol–water partition coefficient (Wildman–Crippen LogP) is 3.01. The Balaban J connectivity index is 2.84. The van der Waals surface area contributed by atoms with Crippen LogP contribution in [0.4, 0.5) is 0 Å². The molecule has 1 N–H and O–H groups in total. The van der Waals surface area contributed by atoms with E-state index in [1.807, 2.05) is 26.0 Å². The number of nitrogens with zero attached hydrogens (tertiary/aromatic N) is 1. The van der Waals surface area contributed by atoms with Crippen LogP contribution in [0, 0.1) is 6.92 Å². The molecule has 0 fully saturated rings. The van der Waals surface area contributed by atoms with Crippen molar-refractivity contribution in [1.29, 1.82) is 0 Å². The molecule has 0 aliphatic heterocycles. The third kappa shape index (κ3) is 3.48. The van der Waals surface area contributed by atoms with Gasteiger partial charge in [0.15, 0.2) is 0 Å². The summed E-state index contributed by atoms with van der Waals surface area (Å²) in [6.45, 7) is 11.2. The van der Waals surface area contributed by atoms with Crippen LogP contribution in [0.3, 0.4) is 0 Å². The topological polar surface area (TPSA) is 24.9 Å². The molecule has 0 spiro atoms. The Morgan fingerprint density at radius 3 is 2.80 bits per heavy atom. The monoisotopic (exact) mass is 204 g/mol. The first-order chi connectivity index (χ1) is 7.15. The number of hydrogen-bond acceptors (Lipinski definition) is 2. The Hall–Kier alpha value is -1.15. The number of aryl methyl sites for hydroxylation is 1. The van der Waals surface area contributed by atoms with E-state index in [2.05, 4.69) is 29.9 Å². The molecule has 0 saturated carbocycles. The molecule has 1 unspecified atom stereocenters. The largest absolute Gasteiger partial charge is 0.305 e. The molecule has 1 aromatic rings. The highest BCUT2D eigenvalue weighted by molar-refractivity contribution is 5.21. The molecule has 0 aromatic carbocycles. The summed E-state index contributed by atoms with van der Waals surface area (Å²) < 4.78 is 0. The van der Waals surface area contributed by atoms with Crippen molar-refractivity contribution in [2.75, 3.05) is 6.54 Å². The average Bonchev–Trinajstić information content (AvgIpc) is 2.18. The van der Waals surface area contributed by atoms with Gasteiger partial charge in [0.05, 0.1) is 11.7 Å². The van der Waals surface area contributed by atoms with Gasteiger partial charge in [0.25, 0.3) is 0 Å². The highest BCUT2D eigenvalue weighted by Gasteiger charge is 2.12. The first-order valence-corrected chi connectivity index (χ1v) is 5.47. The molecule has 0 radical (unpaired) electrons. The van der Waals surface area contributed by atoms with Crippen LogP contribution in [0.5, 0.6) is 0 Å². The van der Waals surface area contributed by atoms with Gasteiger partial charge in [-0.3, -0.25) is 4.98 Å². The van der Waals surface area contributed by atoms with Gasteiger partial charge in [-0.25, -0.2) is 0 Å². The summed E-state index contributed by atoms with van der Waals surface area (Å²) in [4.78, 5) is 4.52.